The normalized spacial score (nSPS) is 17.0. The van der Waals surface area contributed by atoms with Crippen molar-refractivity contribution in [3.8, 4) is 0 Å². The molecule has 0 saturated carbocycles. The molecule has 2 N–H and O–H groups in total. The fourth-order valence-electron chi connectivity index (χ4n) is 3.79. The number of amidine groups is 1. The van der Waals surface area contributed by atoms with E-state index in [9.17, 15) is 4.79 Å². The molecule has 0 heterocycles. The van der Waals surface area contributed by atoms with Crippen molar-refractivity contribution >= 4 is 28.4 Å². The van der Waals surface area contributed by atoms with Gasteiger partial charge in [0.05, 0.1) is 0 Å². The van der Waals surface area contributed by atoms with Gasteiger partial charge in [0.15, 0.2) is 5.17 Å². The van der Waals surface area contributed by atoms with Crippen molar-refractivity contribution in [2.45, 2.75) is 5.41 Å². The Morgan fingerprint density at radius 3 is 1.96 bits per heavy atom. The number of rotatable bonds is 3. The van der Waals surface area contributed by atoms with Gasteiger partial charge < -0.3 is 5.73 Å². The highest BCUT2D eigenvalue weighted by Crippen LogP contribution is 2.46. The smallest absolute Gasteiger partial charge is 0.203 e. The molecular formula is C23H19N3OS. The van der Waals surface area contributed by atoms with Gasteiger partial charge in [-0.3, -0.25) is 4.79 Å². The summed E-state index contributed by atoms with van der Waals surface area (Å²) in [6.45, 7) is 0. The van der Waals surface area contributed by atoms with E-state index in [4.69, 9.17) is 5.73 Å². The number of thioether (sulfide) groups is 1. The highest BCUT2D eigenvalue weighted by Gasteiger charge is 2.52. The summed E-state index contributed by atoms with van der Waals surface area (Å²) in [5, 5.41) is 8.64. The van der Waals surface area contributed by atoms with Crippen LogP contribution in [0, 0.1) is 0 Å². The number of ketones is 1. The number of carbonyl (C=O) groups excluding carboxylic acids is 1. The Kier molecular flexibility index (Phi) is 4.84. The number of nitrogens with zero attached hydrogens (tertiary/aromatic N) is 2. The van der Waals surface area contributed by atoms with Crippen LogP contribution in [0.5, 0.6) is 0 Å². The molecule has 3 aromatic rings. The van der Waals surface area contributed by atoms with Gasteiger partial charge in [0.25, 0.3) is 0 Å². The molecule has 0 fully saturated rings. The molecule has 4 nitrogen and oxygen atoms in total. The van der Waals surface area contributed by atoms with Crippen molar-refractivity contribution in [3.05, 3.63) is 107 Å². The monoisotopic (exact) mass is 385 g/mol. The van der Waals surface area contributed by atoms with E-state index in [1.807, 2.05) is 91.2 Å². The zero-order valence-electron chi connectivity index (χ0n) is 15.4. The summed E-state index contributed by atoms with van der Waals surface area (Å²) in [4.78, 5) is 13.9. The number of hydrogen-bond donors (Lipinski definition) is 1. The fourth-order valence-corrected chi connectivity index (χ4v) is 3.92. The molecule has 0 aromatic heterocycles. The fraction of sp³-hybridized carbons (Fsp3) is 0.0870. The largest absolute Gasteiger partial charge is 0.377 e. The maximum atomic E-state index is 13.9. The van der Waals surface area contributed by atoms with E-state index in [1.165, 1.54) is 11.8 Å². The zero-order valence-corrected chi connectivity index (χ0v) is 16.2. The summed E-state index contributed by atoms with van der Waals surface area (Å²) in [6.07, 6.45) is 1.82. The van der Waals surface area contributed by atoms with Crippen molar-refractivity contribution in [2.75, 3.05) is 6.26 Å². The average Bonchev–Trinajstić information content (AvgIpc) is 3.01. The van der Waals surface area contributed by atoms with Crippen LogP contribution in [0.15, 0.2) is 95.1 Å². The summed E-state index contributed by atoms with van der Waals surface area (Å²) >= 11 is 1.29. The quantitative estimate of drug-likeness (QED) is 0.421. The van der Waals surface area contributed by atoms with E-state index in [1.54, 1.807) is 0 Å². The van der Waals surface area contributed by atoms with Crippen molar-refractivity contribution < 1.29 is 4.79 Å². The number of fused-ring (bicyclic) bond motifs is 1. The molecule has 0 aliphatic heterocycles. The minimum Gasteiger partial charge on any atom is -0.377 e. The predicted molar refractivity (Wildman–Crippen MR) is 116 cm³/mol. The predicted octanol–water partition coefficient (Wildman–Crippen LogP) is 3.99. The minimum atomic E-state index is -0.957. The van der Waals surface area contributed by atoms with Gasteiger partial charge >= 0.3 is 0 Å². The van der Waals surface area contributed by atoms with E-state index in [2.05, 4.69) is 10.2 Å². The maximum absolute atomic E-state index is 13.9. The van der Waals surface area contributed by atoms with Gasteiger partial charge in [-0.2, -0.15) is 0 Å². The summed E-state index contributed by atoms with van der Waals surface area (Å²) in [6, 6.07) is 27.5. The van der Waals surface area contributed by atoms with Gasteiger partial charge in [0, 0.05) is 5.56 Å². The Bertz CT molecular complexity index is 1040. The Labute approximate surface area is 168 Å². The second-order valence-corrected chi connectivity index (χ2v) is 7.27. The van der Waals surface area contributed by atoms with E-state index >= 15 is 0 Å². The van der Waals surface area contributed by atoms with Gasteiger partial charge in [-0.1, -0.05) is 96.7 Å². The standard InChI is InChI=1S/C23H19N3OS/c1-28-22(24)26-25-20-18-14-8-9-15-19(18)23(21(20)27,16-10-4-2-5-11-16)17-12-6-3-7-13-17/h2-15H,1H3,(H2,24,26)/b25-20-. The molecule has 0 unspecified atom stereocenters. The zero-order chi connectivity index (χ0) is 19.6. The number of carbonyl (C=O) groups is 1. The molecule has 3 aromatic carbocycles. The third-order valence-corrected chi connectivity index (χ3v) is 5.51. The first-order chi connectivity index (χ1) is 13.7. The van der Waals surface area contributed by atoms with Crippen LogP contribution in [0.2, 0.25) is 0 Å². The van der Waals surface area contributed by atoms with Crippen LogP contribution in [-0.2, 0) is 10.2 Å². The second-order valence-electron chi connectivity index (χ2n) is 6.45. The summed E-state index contributed by atoms with van der Waals surface area (Å²) in [5.41, 5.74) is 8.69. The summed E-state index contributed by atoms with van der Waals surface area (Å²) < 4.78 is 0. The molecule has 28 heavy (non-hydrogen) atoms. The second kappa shape index (κ2) is 7.44. The lowest BCUT2D eigenvalue weighted by Crippen LogP contribution is -2.36. The molecule has 5 heteroatoms. The SMILES string of the molecule is CS/C(N)=N/N=C1\C(=O)C(c2ccccc2)(c2ccccc2)c2ccccc21. The van der Waals surface area contributed by atoms with Crippen LogP contribution in [-0.4, -0.2) is 22.9 Å². The van der Waals surface area contributed by atoms with Gasteiger partial charge in [-0.15, -0.1) is 10.2 Å². The molecule has 0 spiro atoms. The Hall–Kier alpha value is -3.18. The number of Topliss-reactive ketones (excluding diaryl/α,β-unsaturated/α-hetero) is 1. The van der Waals surface area contributed by atoms with Crippen LogP contribution in [0.4, 0.5) is 0 Å². The summed E-state index contributed by atoms with van der Waals surface area (Å²) in [7, 11) is 0. The third-order valence-electron chi connectivity index (χ3n) is 5.01. The van der Waals surface area contributed by atoms with E-state index in [0.717, 1.165) is 22.3 Å². The van der Waals surface area contributed by atoms with E-state index in [-0.39, 0.29) is 5.78 Å². The third kappa shape index (κ3) is 2.75. The molecule has 0 saturated heterocycles. The van der Waals surface area contributed by atoms with Crippen molar-refractivity contribution in [3.63, 3.8) is 0 Å². The number of hydrogen-bond acceptors (Lipinski definition) is 4. The van der Waals surface area contributed by atoms with Gasteiger partial charge in [0.2, 0.25) is 5.78 Å². The van der Waals surface area contributed by atoms with Crippen LogP contribution < -0.4 is 5.73 Å². The van der Waals surface area contributed by atoms with Gasteiger partial charge in [-0.05, 0) is 22.9 Å². The molecule has 0 atom stereocenters. The Morgan fingerprint density at radius 2 is 1.39 bits per heavy atom. The van der Waals surface area contributed by atoms with Gasteiger partial charge in [0.1, 0.15) is 11.1 Å². The van der Waals surface area contributed by atoms with Crippen molar-refractivity contribution in [2.24, 2.45) is 15.9 Å². The van der Waals surface area contributed by atoms with Gasteiger partial charge in [-0.25, -0.2) is 0 Å². The average molecular weight is 385 g/mol. The molecule has 4 rings (SSSR count). The molecule has 0 radical (unpaired) electrons. The van der Waals surface area contributed by atoms with Crippen LogP contribution in [0.25, 0.3) is 0 Å². The number of nitrogens with two attached hydrogens (primary N) is 1. The van der Waals surface area contributed by atoms with Crippen LogP contribution in [0.3, 0.4) is 0 Å². The van der Waals surface area contributed by atoms with Crippen molar-refractivity contribution in [1.29, 1.82) is 0 Å². The molecule has 1 aliphatic rings. The molecule has 0 bridgehead atoms. The minimum absolute atomic E-state index is 0.0937. The first-order valence-corrected chi connectivity index (χ1v) is 10.1. The van der Waals surface area contributed by atoms with Crippen molar-refractivity contribution in [1.82, 2.24) is 0 Å². The lowest BCUT2D eigenvalue weighted by molar-refractivity contribution is -0.115. The highest BCUT2D eigenvalue weighted by molar-refractivity contribution is 8.13. The lowest BCUT2D eigenvalue weighted by atomic mass is 9.69. The Balaban J connectivity index is 2.06. The summed E-state index contributed by atoms with van der Waals surface area (Å²) in [5.74, 6) is -0.0937. The molecular weight excluding hydrogens is 366 g/mol. The topological polar surface area (TPSA) is 67.8 Å². The van der Waals surface area contributed by atoms with Crippen LogP contribution in [0.1, 0.15) is 22.3 Å². The maximum Gasteiger partial charge on any atom is 0.203 e. The Morgan fingerprint density at radius 1 is 0.857 bits per heavy atom. The van der Waals surface area contributed by atoms with Crippen LogP contribution >= 0.6 is 11.8 Å². The number of benzene rings is 3. The molecule has 138 valence electrons. The first-order valence-electron chi connectivity index (χ1n) is 8.90. The molecule has 0 amide bonds. The van der Waals surface area contributed by atoms with E-state index in [0.29, 0.717) is 10.9 Å². The highest BCUT2D eigenvalue weighted by atomic mass is 32.2. The van der Waals surface area contributed by atoms with E-state index < -0.39 is 5.41 Å². The lowest BCUT2D eigenvalue weighted by Gasteiger charge is -2.29. The first kappa shape index (κ1) is 18.2. The molecule has 1 aliphatic carbocycles.